The van der Waals surface area contributed by atoms with Gasteiger partial charge in [-0.25, -0.2) is 0 Å². The second-order valence-corrected chi connectivity index (χ2v) is 6.07. The van der Waals surface area contributed by atoms with Crippen LogP contribution in [-0.4, -0.2) is 29.2 Å². The molecule has 0 aromatic heterocycles. The Morgan fingerprint density at radius 2 is 1.94 bits per heavy atom. The number of hydrogen-bond donors (Lipinski definition) is 1. The maximum absolute atomic E-state index is 10.3. The first-order valence-electron chi connectivity index (χ1n) is 7.23. The highest BCUT2D eigenvalue weighted by molar-refractivity contribution is 5.14. The molecule has 1 N–H and O–H groups in total. The molecule has 2 nitrogen and oxygen atoms in total. The van der Waals surface area contributed by atoms with Gasteiger partial charge in [0.2, 0.25) is 0 Å². The van der Waals surface area contributed by atoms with Gasteiger partial charge in [-0.2, -0.15) is 0 Å². The van der Waals surface area contributed by atoms with Crippen LogP contribution in [0.4, 0.5) is 0 Å². The number of benzene rings is 1. The first-order valence-corrected chi connectivity index (χ1v) is 7.23. The highest BCUT2D eigenvalue weighted by Gasteiger charge is 2.44. The van der Waals surface area contributed by atoms with Gasteiger partial charge in [0.05, 0.1) is 6.10 Å². The summed E-state index contributed by atoms with van der Waals surface area (Å²) in [5.41, 5.74) is 1.61. The molecule has 2 heteroatoms. The molecule has 3 rings (SSSR count). The molecule has 98 valence electrons. The van der Waals surface area contributed by atoms with Gasteiger partial charge in [0.15, 0.2) is 0 Å². The lowest BCUT2D eigenvalue weighted by Crippen LogP contribution is -2.46. The smallest absolute Gasteiger partial charge is 0.0608 e. The van der Waals surface area contributed by atoms with Crippen molar-refractivity contribution in [1.82, 2.24) is 4.90 Å². The maximum Gasteiger partial charge on any atom is 0.0608 e. The van der Waals surface area contributed by atoms with Gasteiger partial charge in [0.25, 0.3) is 0 Å². The summed E-state index contributed by atoms with van der Waals surface area (Å²) in [6.07, 6.45) is 5.85. The Morgan fingerprint density at radius 3 is 2.67 bits per heavy atom. The van der Waals surface area contributed by atoms with Crippen molar-refractivity contribution in [2.75, 3.05) is 13.1 Å². The van der Waals surface area contributed by atoms with Gasteiger partial charge in [-0.15, -0.1) is 0 Å². The van der Waals surface area contributed by atoms with Gasteiger partial charge >= 0.3 is 0 Å². The molecule has 1 aromatic rings. The van der Waals surface area contributed by atoms with Crippen molar-refractivity contribution in [1.29, 1.82) is 0 Å². The Labute approximate surface area is 110 Å². The van der Waals surface area contributed by atoms with Crippen LogP contribution in [0.15, 0.2) is 30.3 Å². The molecular weight excluding hydrogens is 222 g/mol. The van der Waals surface area contributed by atoms with Crippen LogP contribution in [0.5, 0.6) is 0 Å². The first kappa shape index (κ1) is 12.2. The molecule has 2 fully saturated rings. The van der Waals surface area contributed by atoms with E-state index in [1.807, 2.05) is 0 Å². The van der Waals surface area contributed by atoms with Crippen molar-refractivity contribution < 1.29 is 5.11 Å². The average molecular weight is 245 g/mol. The van der Waals surface area contributed by atoms with Crippen LogP contribution < -0.4 is 0 Å². The normalized spacial score (nSPS) is 33.1. The van der Waals surface area contributed by atoms with Crippen molar-refractivity contribution in [3.63, 3.8) is 0 Å². The molecule has 2 atom stereocenters. The second kappa shape index (κ2) is 5.02. The fraction of sp³-hybridized carbons (Fsp3) is 0.625. The van der Waals surface area contributed by atoms with E-state index in [0.29, 0.717) is 0 Å². The SMILES string of the molecule is O[C@@H]1CCC[C@]12CCCN(Cc1ccccc1)C2. The molecule has 1 saturated heterocycles. The molecule has 2 aliphatic rings. The largest absolute Gasteiger partial charge is 0.393 e. The number of rotatable bonds is 2. The molecule has 1 heterocycles. The van der Waals surface area contributed by atoms with Gasteiger partial charge in [0, 0.05) is 18.5 Å². The van der Waals surface area contributed by atoms with Crippen LogP contribution in [-0.2, 0) is 6.54 Å². The lowest BCUT2D eigenvalue weighted by Gasteiger charge is -2.42. The second-order valence-electron chi connectivity index (χ2n) is 6.07. The van der Waals surface area contributed by atoms with Gasteiger partial charge in [-0.1, -0.05) is 36.8 Å². The van der Waals surface area contributed by atoms with E-state index < -0.39 is 0 Å². The summed E-state index contributed by atoms with van der Waals surface area (Å²) in [7, 11) is 0. The summed E-state index contributed by atoms with van der Waals surface area (Å²) in [4.78, 5) is 2.54. The summed E-state index contributed by atoms with van der Waals surface area (Å²) in [6, 6.07) is 10.7. The van der Waals surface area contributed by atoms with Crippen LogP contribution in [0.25, 0.3) is 0 Å². The Hall–Kier alpha value is -0.860. The number of aliphatic hydroxyl groups excluding tert-OH is 1. The van der Waals surface area contributed by atoms with E-state index in [4.69, 9.17) is 0 Å². The molecule has 0 unspecified atom stereocenters. The van der Waals surface area contributed by atoms with E-state index in [0.717, 1.165) is 19.5 Å². The molecule has 0 bridgehead atoms. The molecule has 0 radical (unpaired) electrons. The minimum atomic E-state index is -0.0592. The first-order chi connectivity index (χ1) is 8.78. The van der Waals surface area contributed by atoms with E-state index >= 15 is 0 Å². The highest BCUT2D eigenvalue weighted by atomic mass is 16.3. The van der Waals surface area contributed by atoms with Crippen molar-refractivity contribution in [2.24, 2.45) is 5.41 Å². The van der Waals surface area contributed by atoms with Crippen molar-refractivity contribution in [3.8, 4) is 0 Å². The number of aliphatic hydroxyl groups is 1. The predicted octanol–water partition coefficient (Wildman–Crippen LogP) is 2.81. The third-order valence-corrected chi connectivity index (χ3v) is 4.80. The van der Waals surface area contributed by atoms with Gasteiger partial charge in [-0.3, -0.25) is 4.90 Å². The number of hydrogen-bond acceptors (Lipinski definition) is 2. The average Bonchev–Trinajstić information content (AvgIpc) is 2.72. The van der Waals surface area contributed by atoms with Gasteiger partial charge < -0.3 is 5.11 Å². The third-order valence-electron chi connectivity index (χ3n) is 4.80. The Kier molecular flexibility index (Phi) is 3.40. The van der Waals surface area contributed by atoms with Crippen molar-refractivity contribution in [2.45, 2.75) is 44.8 Å². The van der Waals surface area contributed by atoms with Crippen molar-refractivity contribution in [3.05, 3.63) is 35.9 Å². The molecule has 1 aromatic carbocycles. The van der Waals surface area contributed by atoms with Crippen LogP contribution in [0.1, 0.15) is 37.7 Å². The van der Waals surface area contributed by atoms with Crippen LogP contribution in [0, 0.1) is 5.41 Å². The number of likely N-dealkylation sites (tertiary alicyclic amines) is 1. The maximum atomic E-state index is 10.3. The predicted molar refractivity (Wildman–Crippen MR) is 73.2 cm³/mol. The molecule has 1 aliphatic carbocycles. The molecule has 1 spiro atoms. The summed E-state index contributed by atoms with van der Waals surface area (Å²) >= 11 is 0. The third kappa shape index (κ3) is 2.32. The van der Waals surface area contributed by atoms with Crippen LogP contribution >= 0.6 is 0 Å². The minimum absolute atomic E-state index is 0.0592. The zero-order valence-electron chi connectivity index (χ0n) is 11.0. The van der Waals surface area contributed by atoms with Gasteiger partial charge in [-0.05, 0) is 37.8 Å². The van der Waals surface area contributed by atoms with E-state index in [2.05, 4.69) is 35.2 Å². The van der Waals surface area contributed by atoms with E-state index in [1.165, 1.54) is 37.8 Å². The summed E-state index contributed by atoms with van der Waals surface area (Å²) in [6.45, 7) is 3.31. The molecule has 18 heavy (non-hydrogen) atoms. The standard InChI is InChI=1S/C16H23NO/c18-15-8-4-9-16(15)10-5-11-17(13-16)12-14-6-2-1-3-7-14/h1-3,6-7,15,18H,4-5,8-13H2/t15-,16-/m1/s1. The molecular formula is C16H23NO. The minimum Gasteiger partial charge on any atom is -0.393 e. The zero-order valence-corrected chi connectivity index (χ0v) is 11.0. The quantitative estimate of drug-likeness (QED) is 0.866. The van der Waals surface area contributed by atoms with Gasteiger partial charge in [0.1, 0.15) is 0 Å². The molecule has 1 aliphatic heterocycles. The topological polar surface area (TPSA) is 23.5 Å². The number of piperidine rings is 1. The Morgan fingerprint density at radius 1 is 1.17 bits per heavy atom. The summed E-state index contributed by atoms with van der Waals surface area (Å²) < 4.78 is 0. The summed E-state index contributed by atoms with van der Waals surface area (Å²) in [5.74, 6) is 0. The van der Waals surface area contributed by atoms with Crippen LogP contribution in [0.2, 0.25) is 0 Å². The summed E-state index contributed by atoms with van der Waals surface area (Å²) in [5, 5.41) is 10.3. The van der Waals surface area contributed by atoms with Crippen LogP contribution in [0.3, 0.4) is 0 Å². The highest BCUT2D eigenvalue weighted by Crippen LogP contribution is 2.45. The van der Waals surface area contributed by atoms with E-state index in [9.17, 15) is 5.11 Å². The fourth-order valence-electron chi connectivity index (χ4n) is 3.83. The lowest BCUT2D eigenvalue weighted by atomic mass is 9.76. The Balaban J connectivity index is 1.67. The molecule has 0 amide bonds. The fourth-order valence-corrected chi connectivity index (χ4v) is 3.83. The van der Waals surface area contributed by atoms with E-state index in [1.54, 1.807) is 0 Å². The zero-order chi connectivity index (χ0) is 12.4. The Bertz CT molecular complexity index is 391. The lowest BCUT2D eigenvalue weighted by molar-refractivity contribution is -0.0120. The number of nitrogens with zero attached hydrogens (tertiary/aromatic N) is 1. The molecule has 1 saturated carbocycles. The van der Waals surface area contributed by atoms with E-state index in [-0.39, 0.29) is 11.5 Å². The monoisotopic (exact) mass is 245 g/mol. The van der Waals surface area contributed by atoms with Crippen molar-refractivity contribution >= 4 is 0 Å².